The number of carbonyl (C=O) groups excluding carboxylic acids is 1. The lowest BCUT2D eigenvalue weighted by atomic mass is 10.1. The van der Waals surface area contributed by atoms with Crippen LogP contribution in [-0.2, 0) is 4.74 Å². The van der Waals surface area contributed by atoms with E-state index in [2.05, 4.69) is 9.88 Å². The number of aromatic nitrogens is 1. The van der Waals surface area contributed by atoms with Crippen molar-refractivity contribution in [3.63, 3.8) is 0 Å². The second-order valence-electron chi connectivity index (χ2n) is 6.15. The maximum Gasteiger partial charge on any atom is 0.252 e. The Morgan fingerprint density at radius 1 is 1.35 bits per heavy atom. The van der Waals surface area contributed by atoms with Crippen LogP contribution in [0.4, 0.5) is 16.0 Å². The van der Waals surface area contributed by atoms with Gasteiger partial charge >= 0.3 is 0 Å². The summed E-state index contributed by atoms with van der Waals surface area (Å²) in [5.74, 6) is 0.797. The van der Waals surface area contributed by atoms with E-state index >= 15 is 0 Å². The van der Waals surface area contributed by atoms with E-state index < -0.39 is 12.1 Å². The molecule has 0 unspecified atom stereocenters. The van der Waals surface area contributed by atoms with E-state index in [1.165, 1.54) is 0 Å². The zero-order chi connectivity index (χ0) is 16.4. The van der Waals surface area contributed by atoms with Gasteiger partial charge in [-0.15, -0.1) is 0 Å². The van der Waals surface area contributed by atoms with Crippen LogP contribution in [0.5, 0.6) is 0 Å². The number of hydrogen-bond acceptors (Lipinski definition) is 5. The number of halogens is 1. The molecule has 2 aliphatic rings. The number of anilines is 2. The fraction of sp³-hybridized carbons (Fsp3) is 0.625. The van der Waals surface area contributed by atoms with E-state index in [4.69, 9.17) is 10.5 Å². The summed E-state index contributed by atoms with van der Waals surface area (Å²) in [5.41, 5.74) is 6.72. The van der Waals surface area contributed by atoms with Crippen LogP contribution < -0.4 is 15.5 Å². The van der Waals surface area contributed by atoms with Crippen LogP contribution in [-0.4, -0.2) is 56.5 Å². The summed E-state index contributed by atoms with van der Waals surface area (Å²) in [7, 11) is 0. The molecule has 0 aromatic carbocycles. The summed E-state index contributed by atoms with van der Waals surface area (Å²) < 4.78 is 19.1. The van der Waals surface area contributed by atoms with E-state index in [-0.39, 0.29) is 6.54 Å². The van der Waals surface area contributed by atoms with Gasteiger partial charge in [0.1, 0.15) is 17.8 Å². The van der Waals surface area contributed by atoms with Crippen molar-refractivity contribution in [3.8, 4) is 0 Å². The van der Waals surface area contributed by atoms with Crippen LogP contribution in [0.1, 0.15) is 28.8 Å². The number of pyridine rings is 1. The summed E-state index contributed by atoms with van der Waals surface area (Å²) in [6, 6.07) is 1.89. The quantitative estimate of drug-likeness (QED) is 0.907. The summed E-state index contributed by atoms with van der Waals surface area (Å²) in [6.07, 6.45) is 0.512. The van der Waals surface area contributed by atoms with Crippen molar-refractivity contribution in [2.24, 2.45) is 5.73 Å². The van der Waals surface area contributed by atoms with Gasteiger partial charge in [-0.2, -0.15) is 0 Å². The molecule has 7 heteroatoms. The van der Waals surface area contributed by atoms with Crippen molar-refractivity contribution in [1.29, 1.82) is 0 Å². The molecule has 3 heterocycles. The van der Waals surface area contributed by atoms with Gasteiger partial charge in [0.15, 0.2) is 0 Å². The van der Waals surface area contributed by atoms with Crippen molar-refractivity contribution < 1.29 is 13.9 Å². The Morgan fingerprint density at radius 2 is 2.17 bits per heavy atom. The molecule has 3 rings (SSSR count). The molecule has 23 heavy (non-hydrogen) atoms. The lowest BCUT2D eigenvalue weighted by Crippen LogP contribution is -2.30. The van der Waals surface area contributed by atoms with Gasteiger partial charge in [-0.1, -0.05) is 0 Å². The standard InChI is InChI=1S/C16H23FN4O2/c1-11-9-13(20-4-2-7-23-8-6-20)19-16(14(11)15(18)22)21-5-3-12(17)10-21/h9,12H,2-8,10H2,1H3,(H2,18,22)/t12-/m1/s1. The van der Waals surface area contributed by atoms with Gasteiger partial charge in [-0.3, -0.25) is 4.79 Å². The Hall–Kier alpha value is -1.89. The molecule has 0 bridgehead atoms. The Bertz CT molecular complexity index is 588. The number of carbonyl (C=O) groups is 1. The second-order valence-corrected chi connectivity index (χ2v) is 6.15. The largest absolute Gasteiger partial charge is 0.380 e. The highest BCUT2D eigenvalue weighted by molar-refractivity contribution is 5.99. The topological polar surface area (TPSA) is 71.7 Å². The van der Waals surface area contributed by atoms with Crippen molar-refractivity contribution in [1.82, 2.24) is 4.98 Å². The van der Waals surface area contributed by atoms with E-state index in [0.717, 1.165) is 37.5 Å². The Balaban J connectivity index is 1.98. The molecule has 126 valence electrons. The smallest absolute Gasteiger partial charge is 0.252 e. The first-order chi connectivity index (χ1) is 11.1. The van der Waals surface area contributed by atoms with Crippen LogP contribution in [0.25, 0.3) is 0 Å². The number of nitrogens with zero attached hydrogens (tertiary/aromatic N) is 3. The molecule has 1 aromatic rings. The molecule has 6 nitrogen and oxygen atoms in total. The Labute approximate surface area is 135 Å². The number of hydrogen-bond donors (Lipinski definition) is 1. The molecule has 2 aliphatic heterocycles. The first-order valence-electron chi connectivity index (χ1n) is 8.09. The van der Waals surface area contributed by atoms with E-state index in [9.17, 15) is 9.18 Å². The third-order valence-electron chi connectivity index (χ3n) is 4.41. The molecule has 0 saturated carbocycles. The summed E-state index contributed by atoms with van der Waals surface area (Å²) in [4.78, 5) is 20.5. The lowest BCUT2D eigenvalue weighted by Gasteiger charge is -2.26. The van der Waals surface area contributed by atoms with Crippen LogP contribution >= 0.6 is 0 Å². The van der Waals surface area contributed by atoms with Gasteiger partial charge in [-0.25, -0.2) is 9.37 Å². The number of ether oxygens (including phenoxy) is 1. The maximum absolute atomic E-state index is 13.6. The van der Waals surface area contributed by atoms with Crippen molar-refractivity contribution in [3.05, 3.63) is 17.2 Å². The number of primary amides is 1. The van der Waals surface area contributed by atoms with Gasteiger partial charge in [-0.05, 0) is 31.4 Å². The minimum absolute atomic E-state index is 0.263. The average Bonchev–Trinajstić information content (AvgIpc) is 2.77. The minimum atomic E-state index is -0.881. The lowest BCUT2D eigenvalue weighted by molar-refractivity contribution is 0.1000. The van der Waals surface area contributed by atoms with Gasteiger partial charge in [0.2, 0.25) is 0 Å². The number of nitrogens with two attached hydrogens (primary N) is 1. The fourth-order valence-corrected chi connectivity index (χ4v) is 3.22. The molecule has 0 radical (unpaired) electrons. The van der Waals surface area contributed by atoms with Crippen molar-refractivity contribution in [2.45, 2.75) is 25.9 Å². The molecular weight excluding hydrogens is 299 g/mol. The average molecular weight is 322 g/mol. The van der Waals surface area contributed by atoms with Crippen LogP contribution in [0.3, 0.4) is 0 Å². The predicted octanol–water partition coefficient (Wildman–Crippen LogP) is 1.26. The third-order valence-corrected chi connectivity index (χ3v) is 4.41. The Morgan fingerprint density at radius 3 is 2.87 bits per heavy atom. The zero-order valence-electron chi connectivity index (χ0n) is 13.4. The molecule has 2 N–H and O–H groups in total. The number of aryl methyl sites for hydroxylation is 1. The molecule has 2 saturated heterocycles. The van der Waals surface area contributed by atoms with E-state index in [1.54, 1.807) is 0 Å². The van der Waals surface area contributed by atoms with Crippen molar-refractivity contribution in [2.75, 3.05) is 49.2 Å². The molecule has 0 aliphatic carbocycles. The van der Waals surface area contributed by atoms with Crippen molar-refractivity contribution >= 4 is 17.5 Å². The minimum Gasteiger partial charge on any atom is -0.380 e. The first kappa shape index (κ1) is 16.0. The van der Waals surface area contributed by atoms with Gasteiger partial charge in [0, 0.05) is 26.2 Å². The predicted molar refractivity (Wildman–Crippen MR) is 86.9 cm³/mol. The molecule has 2 fully saturated rings. The SMILES string of the molecule is Cc1cc(N2CCCOCC2)nc(N2CC[C@@H](F)C2)c1C(N)=O. The third kappa shape index (κ3) is 3.39. The van der Waals surface area contributed by atoms with Crippen LogP contribution in [0.2, 0.25) is 0 Å². The molecule has 1 amide bonds. The van der Waals surface area contributed by atoms with Crippen LogP contribution in [0, 0.1) is 6.92 Å². The van der Waals surface area contributed by atoms with Gasteiger partial charge < -0.3 is 20.3 Å². The summed E-state index contributed by atoms with van der Waals surface area (Å²) in [6.45, 7) is 5.69. The van der Waals surface area contributed by atoms with Gasteiger partial charge in [0.05, 0.1) is 18.7 Å². The highest BCUT2D eigenvalue weighted by Gasteiger charge is 2.28. The highest BCUT2D eigenvalue weighted by atomic mass is 19.1. The molecular formula is C16H23FN4O2. The maximum atomic E-state index is 13.6. The summed E-state index contributed by atoms with van der Waals surface area (Å²) >= 11 is 0. The number of amides is 1. The van der Waals surface area contributed by atoms with Gasteiger partial charge in [0.25, 0.3) is 5.91 Å². The first-order valence-corrected chi connectivity index (χ1v) is 8.09. The second kappa shape index (κ2) is 6.70. The molecule has 0 spiro atoms. The number of rotatable bonds is 3. The number of alkyl halides is 1. The van der Waals surface area contributed by atoms with Crippen LogP contribution in [0.15, 0.2) is 6.07 Å². The van der Waals surface area contributed by atoms with E-state index in [1.807, 2.05) is 17.9 Å². The zero-order valence-corrected chi connectivity index (χ0v) is 13.4. The van der Waals surface area contributed by atoms with E-state index in [0.29, 0.717) is 31.0 Å². The fourth-order valence-electron chi connectivity index (χ4n) is 3.22. The Kier molecular flexibility index (Phi) is 4.66. The monoisotopic (exact) mass is 322 g/mol. The normalized spacial score (nSPS) is 22.3. The highest BCUT2D eigenvalue weighted by Crippen LogP contribution is 2.29. The summed E-state index contributed by atoms with van der Waals surface area (Å²) in [5, 5.41) is 0. The molecule has 1 atom stereocenters. The molecule has 1 aromatic heterocycles.